The zero-order valence-electron chi connectivity index (χ0n) is 15.4. The minimum Gasteiger partial charge on any atom is -0.506 e. The second kappa shape index (κ2) is 7.85. The Balaban J connectivity index is 1.87. The van der Waals surface area contributed by atoms with Gasteiger partial charge < -0.3 is 21.5 Å². The largest absolute Gasteiger partial charge is 0.506 e. The molecule has 0 bridgehead atoms. The second-order valence-corrected chi connectivity index (χ2v) is 6.23. The van der Waals surface area contributed by atoms with E-state index < -0.39 is 17.6 Å². The molecule has 3 aromatic rings. The highest BCUT2D eigenvalue weighted by molar-refractivity contribution is 6.08. The Hall–Kier alpha value is -4.14. The first-order valence-corrected chi connectivity index (χ1v) is 8.47. The summed E-state index contributed by atoms with van der Waals surface area (Å²) in [6.45, 7) is 5.21. The van der Waals surface area contributed by atoms with Crippen molar-refractivity contribution < 1.29 is 19.1 Å². The van der Waals surface area contributed by atoms with E-state index in [1.165, 1.54) is 42.6 Å². The number of amides is 2. The van der Waals surface area contributed by atoms with Gasteiger partial charge in [-0.2, -0.15) is 5.10 Å². The number of nitrogens with zero attached hydrogens (tertiary/aromatic N) is 2. The number of nitrogens with two attached hydrogens (primary N) is 1. The predicted molar refractivity (Wildman–Crippen MR) is 106 cm³/mol. The molecule has 0 aliphatic rings. The summed E-state index contributed by atoms with van der Waals surface area (Å²) in [6.07, 6.45) is 1.19. The standard InChI is InChI=1S/C20H18FN5O3/c1-11(2)24-19(28)12-7-8-17(27)15(9-12)25-20(29)13-10-23-26(18(13)22)16-6-4-3-5-14(16)21/h3-10,27H,1,22H2,2H3,(H,24,28)(H,25,29). The average Bonchev–Trinajstić information content (AvgIpc) is 3.04. The van der Waals surface area contributed by atoms with Crippen molar-refractivity contribution >= 4 is 23.3 Å². The zero-order chi connectivity index (χ0) is 21.1. The molecule has 9 heteroatoms. The first kappa shape index (κ1) is 19.6. The van der Waals surface area contributed by atoms with Crippen LogP contribution in [0.4, 0.5) is 15.9 Å². The molecule has 0 fully saturated rings. The van der Waals surface area contributed by atoms with Gasteiger partial charge in [-0.1, -0.05) is 18.7 Å². The van der Waals surface area contributed by atoms with Crippen molar-refractivity contribution in [1.82, 2.24) is 15.1 Å². The van der Waals surface area contributed by atoms with Gasteiger partial charge in [-0.15, -0.1) is 0 Å². The zero-order valence-corrected chi connectivity index (χ0v) is 15.4. The highest BCUT2D eigenvalue weighted by atomic mass is 19.1. The summed E-state index contributed by atoms with van der Waals surface area (Å²) in [5.41, 5.74) is 6.68. The number of benzene rings is 2. The van der Waals surface area contributed by atoms with E-state index in [0.717, 1.165) is 4.68 Å². The van der Waals surface area contributed by atoms with Gasteiger partial charge in [0.05, 0.1) is 11.9 Å². The van der Waals surface area contributed by atoms with Gasteiger partial charge in [-0.3, -0.25) is 9.59 Å². The Morgan fingerprint density at radius 2 is 1.93 bits per heavy atom. The third-order valence-corrected chi connectivity index (χ3v) is 3.97. The Bertz CT molecular complexity index is 1120. The van der Waals surface area contributed by atoms with Crippen LogP contribution in [0.1, 0.15) is 27.6 Å². The Morgan fingerprint density at radius 3 is 2.62 bits per heavy atom. The van der Waals surface area contributed by atoms with E-state index in [0.29, 0.717) is 5.70 Å². The van der Waals surface area contributed by atoms with Crippen molar-refractivity contribution in [3.8, 4) is 11.4 Å². The van der Waals surface area contributed by atoms with Crippen molar-refractivity contribution in [2.45, 2.75) is 6.92 Å². The molecule has 0 spiro atoms. The van der Waals surface area contributed by atoms with E-state index in [4.69, 9.17) is 5.73 Å². The molecular weight excluding hydrogens is 377 g/mol. The molecule has 29 heavy (non-hydrogen) atoms. The van der Waals surface area contributed by atoms with Crippen LogP contribution in [0.2, 0.25) is 0 Å². The number of phenols is 1. The van der Waals surface area contributed by atoms with E-state index in [9.17, 15) is 19.1 Å². The average molecular weight is 395 g/mol. The quantitative estimate of drug-likeness (QED) is 0.495. The number of nitrogens with one attached hydrogen (secondary N) is 2. The lowest BCUT2D eigenvalue weighted by Gasteiger charge is -2.10. The number of nitrogen functional groups attached to an aromatic ring is 1. The maximum Gasteiger partial charge on any atom is 0.261 e. The van der Waals surface area contributed by atoms with Crippen molar-refractivity contribution in [2.75, 3.05) is 11.1 Å². The number of hydrogen-bond donors (Lipinski definition) is 4. The maximum absolute atomic E-state index is 14.0. The maximum atomic E-state index is 14.0. The van der Waals surface area contributed by atoms with Crippen molar-refractivity contribution in [1.29, 1.82) is 0 Å². The van der Waals surface area contributed by atoms with Gasteiger partial charge in [0.15, 0.2) is 0 Å². The fourth-order valence-electron chi connectivity index (χ4n) is 2.58. The van der Waals surface area contributed by atoms with Gasteiger partial charge in [0.2, 0.25) is 0 Å². The van der Waals surface area contributed by atoms with Crippen molar-refractivity contribution in [3.05, 3.63) is 77.9 Å². The monoisotopic (exact) mass is 395 g/mol. The summed E-state index contributed by atoms with van der Waals surface area (Å²) in [6, 6.07) is 9.82. The highest BCUT2D eigenvalue weighted by Gasteiger charge is 2.19. The fraction of sp³-hybridized carbons (Fsp3) is 0.0500. The van der Waals surface area contributed by atoms with E-state index in [1.54, 1.807) is 13.0 Å². The van der Waals surface area contributed by atoms with Gasteiger partial charge in [0.1, 0.15) is 28.6 Å². The van der Waals surface area contributed by atoms with Crippen LogP contribution in [0, 0.1) is 5.82 Å². The predicted octanol–water partition coefficient (Wildman–Crippen LogP) is 2.81. The lowest BCUT2D eigenvalue weighted by molar-refractivity contribution is 0.0964. The van der Waals surface area contributed by atoms with Gasteiger partial charge in [0.25, 0.3) is 11.8 Å². The molecule has 3 rings (SSSR count). The van der Waals surface area contributed by atoms with Crippen molar-refractivity contribution in [2.24, 2.45) is 0 Å². The molecule has 0 radical (unpaired) electrons. The summed E-state index contributed by atoms with van der Waals surface area (Å²) in [4.78, 5) is 24.7. The lowest BCUT2D eigenvalue weighted by Crippen LogP contribution is -2.21. The first-order chi connectivity index (χ1) is 13.8. The highest BCUT2D eigenvalue weighted by Crippen LogP contribution is 2.26. The number of aromatic hydroxyl groups is 1. The molecule has 0 atom stereocenters. The van der Waals surface area contributed by atoms with Crippen LogP contribution < -0.4 is 16.4 Å². The SMILES string of the molecule is C=C(C)NC(=O)c1ccc(O)c(NC(=O)c2cnn(-c3ccccc3F)c2N)c1. The molecule has 0 unspecified atom stereocenters. The third kappa shape index (κ3) is 4.08. The molecule has 0 saturated heterocycles. The minimum absolute atomic E-state index is 0.00223. The summed E-state index contributed by atoms with van der Waals surface area (Å²) in [5.74, 6) is -2.01. The van der Waals surface area contributed by atoms with E-state index in [-0.39, 0.29) is 34.1 Å². The number of anilines is 2. The number of allylic oxidation sites excluding steroid dienone is 1. The molecule has 0 aliphatic carbocycles. The van der Waals surface area contributed by atoms with Gasteiger partial charge in [-0.05, 0) is 37.3 Å². The number of hydrogen-bond acceptors (Lipinski definition) is 5. The normalized spacial score (nSPS) is 10.4. The summed E-state index contributed by atoms with van der Waals surface area (Å²) in [5, 5.41) is 19.0. The molecule has 0 aliphatic heterocycles. The number of halogens is 1. The fourth-order valence-corrected chi connectivity index (χ4v) is 2.58. The smallest absolute Gasteiger partial charge is 0.261 e. The Kier molecular flexibility index (Phi) is 5.31. The van der Waals surface area contributed by atoms with Crippen LogP contribution >= 0.6 is 0 Å². The van der Waals surface area contributed by atoms with Crippen LogP contribution in [0.15, 0.2) is 60.9 Å². The minimum atomic E-state index is -0.683. The summed E-state index contributed by atoms with van der Waals surface area (Å²) in [7, 11) is 0. The Morgan fingerprint density at radius 1 is 1.21 bits per heavy atom. The lowest BCUT2D eigenvalue weighted by atomic mass is 10.1. The number of aromatic nitrogens is 2. The molecule has 1 heterocycles. The topological polar surface area (TPSA) is 122 Å². The second-order valence-electron chi connectivity index (χ2n) is 6.23. The van der Waals surface area contributed by atoms with E-state index in [1.807, 2.05) is 0 Å². The van der Waals surface area contributed by atoms with Gasteiger partial charge >= 0.3 is 0 Å². The van der Waals surface area contributed by atoms with Gasteiger partial charge in [0, 0.05) is 11.3 Å². The van der Waals surface area contributed by atoms with Crippen LogP contribution in [0.3, 0.4) is 0 Å². The van der Waals surface area contributed by atoms with Gasteiger partial charge in [-0.25, -0.2) is 9.07 Å². The van der Waals surface area contributed by atoms with Crippen LogP contribution in [0.5, 0.6) is 5.75 Å². The Labute approximate surface area is 165 Å². The van der Waals surface area contributed by atoms with Crippen molar-refractivity contribution in [3.63, 3.8) is 0 Å². The number of rotatable bonds is 5. The summed E-state index contributed by atoms with van der Waals surface area (Å²) < 4.78 is 15.1. The van der Waals surface area contributed by atoms with Crippen LogP contribution in [-0.4, -0.2) is 26.7 Å². The molecule has 8 nitrogen and oxygen atoms in total. The third-order valence-electron chi connectivity index (χ3n) is 3.97. The van der Waals surface area contributed by atoms with Crippen LogP contribution in [-0.2, 0) is 0 Å². The number of carbonyl (C=O) groups is 2. The first-order valence-electron chi connectivity index (χ1n) is 8.47. The molecule has 0 saturated carbocycles. The summed E-state index contributed by atoms with van der Waals surface area (Å²) >= 11 is 0. The van der Waals surface area contributed by atoms with E-state index >= 15 is 0 Å². The number of carbonyl (C=O) groups excluding carboxylic acids is 2. The molecule has 5 N–H and O–H groups in total. The van der Waals surface area contributed by atoms with Crippen LogP contribution in [0.25, 0.3) is 5.69 Å². The molecule has 2 amide bonds. The molecular formula is C20H18FN5O3. The number of para-hydroxylation sites is 1. The number of phenolic OH excluding ortho intramolecular Hbond substituents is 1. The molecule has 1 aromatic heterocycles. The molecule has 148 valence electrons. The van der Waals surface area contributed by atoms with E-state index in [2.05, 4.69) is 22.3 Å². The molecule has 2 aromatic carbocycles.